The van der Waals surface area contributed by atoms with Crippen LogP contribution in [-0.2, 0) is 6.54 Å². The van der Waals surface area contributed by atoms with Gasteiger partial charge in [0.1, 0.15) is 0 Å². The van der Waals surface area contributed by atoms with Crippen molar-refractivity contribution in [1.82, 2.24) is 14.9 Å². The van der Waals surface area contributed by atoms with E-state index in [-0.39, 0.29) is 11.6 Å². The molecule has 1 unspecified atom stereocenters. The van der Waals surface area contributed by atoms with Crippen LogP contribution in [0.4, 0.5) is 0 Å². The molecular weight excluding hydrogens is 250 g/mol. The molecule has 1 N–H and O–H groups in total. The molecule has 2 rings (SSSR count). The van der Waals surface area contributed by atoms with E-state index in [1.807, 2.05) is 14.0 Å². The summed E-state index contributed by atoms with van der Waals surface area (Å²) in [5.41, 5.74) is 4.43. The molecule has 0 saturated heterocycles. The molecule has 20 heavy (non-hydrogen) atoms. The van der Waals surface area contributed by atoms with Gasteiger partial charge in [0.15, 0.2) is 0 Å². The fraction of sp³-hybridized carbons (Fsp3) is 0.375. The molecule has 0 amide bonds. The fourth-order valence-electron chi connectivity index (χ4n) is 2.41. The number of rotatable bonds is 4. The van der Waals surface area contributed by atoms with Gasteiger partial charge in [0.2, 0.25) is 0 Å². The zero-order valence-electron chi connectivity index (χ0n) is 12.5. The van der Waals surface area contributed by atoms with Gasteiger partial charge in [-0.25, -0.2) is 4.98 Å². The highest BCUT2D eigenvalue weighted by Gasteiger charge is 2.13. The number of nitrogens with one attached hydrogen (secondary N) is 1. The topological polar surface area (TPSA) is 46.9 Å². The first kappa shape index (κ1) is 14.5. The number of aromatic nitrogens is 2. The second-order valence-corrected chi connectivity index (χ2v) is 5.22. The predicted octanol–water partition coefficient (Wildman–Crippen LogP) is 2.13. The van der Waals surface area contributed by atoms with Crippen molar-refractivity contribution < 1.29 is 0 Å². The molecule has 0 aliphatic rings. The number of aryl methyl sites for hydroxylation is 3. The first-order chi connectivity index (χ1) is 9.51. The lowest BCUT2D eigenvalue weighted by molar-refractivity contribution is 0.484. The van der Waals surface area contributed by atoms with E-state index in [1.54, 1.807) is 17.0 Å². The minimum Gasteiger partial charge on any atom is -0.312 e. The summed E-state index contributed by atoms with van der Waals surface area (Å²) >= 11 is 0. The fourth-order valence-corrected chi connectivity index (χ4v) is 2.41. The summed E-state index contributed by atoms with van der Waals surface area (Å²) in [6.45, 7) is 6.58. The third-order valence-corrected chi connectivity index (χ3v) is 3.54. The van der Waals surface area contributed by atoms with Gasteiger partial charge in [0, 0.05) is 18.3 Å². The lowest BCUT2D eigenvalue weighted by Crippen LogP contribution is -2.29. The predicted molar refractivity (Wildman–Crippen MR) is 81.0 cm³/mol. The molecule has 0 saturated carbocycles. The lowest BCUT2D eigenvalue weighted by Gasteiger charge is -2.20. The van der Waals surface area contributed by atoms with Gasteiger partial charge in [-0.2, -0.15) is 0 Å². The van der Waals surface area contributed by atoms with Crippen LogP contribution in [0.15, 0.2) is 35.4 Å². The van der Waals surface area contributed by atoms with Crippen molar-refractivity contribution in [1.29, 1.82) is 0 Å². The first-order valence-electron chi connectivity index (χ1n) is 6.78. The van der Waals surface area contributed by atoms with Gasteiger partial charge in [0.25, 0.3) is 5.56 Å². The Morgan fingerprint density at radius 2 is 2.00 bits per heavy atom. The van der Waals surface area contributed by atoms with Gasteiger partial charge >= 0.3 is 0 Å². The molecule has 2 aromatic rings. The summed E-state index contributed by atoms with van der Waals surface area (Å²) in [5.74, 6) is 0. The van der Waals surface area contributed by atoms with Gasteiger partial charge in [-0.1, -0.05) is 23.8 Å². The summed E-state index contributed by atoms with van der Waals surface area (Å²) in [6, 6.07) is 8.05. The number of hydrogen-bond donors (Lipinski definition) is 1. The van der Waals surface area contributed by atoms with Crippen molar-refractivity contribution in [2.75, 3.05) is 7.05 Å². The first-order valence-corrected chi connectivity index (χ1v) is 6.78. The van der Waals surface area contributed by atoms with Crippen LogP contribution in [-0.4, -0.2) is 16.6 Å². The van der Waals surface area contributed by atoms with Crippen molar-refractivity contribution >= 4 is 0 Å². The second-order valence-electron chi connectivity index (χ2n) is 5.22. The summed E-state index contributed by atoms with van der Waals surface area (Å²) in [7, 11) is 1.91. The van der Waals surface area contributed by atoms with Crippen molar-refractivity contribution in [2.24, 2.45) is 0 Å². The Balaban J connectivity index is 2.31. The SMILES string of the molecule is CNC(Cn1cnc(C)cc1=O)c1ccc(C)cc1C. The third-order valence-electron chi connectivity index (χ3n) is 3.54. The number of nitrogens with zero attached hydrogens (tertiary/aromatic N) is 2. The normalized spacial score (nSPS) is 12.4. The zero-order chi connectivity index (χ0) is 14.7. The Morgan fingerprint density at radius 1 is 1.25 bits per heavy atom. The van der Waals surface area contributed by atoms with Crippen LogP contribution in [0.2, 0.25) is 0 Å². The molecule has 0 aliphatic heterocycles. The maximum atomic E-state index is 12.0. The summed E-state index contributed by atoms with van der Waals surface area (Å²) in [6.07, 6.45) is 1.62. The summed E-state index contributed by atoms with van der Waals surface area (Å²) in [5, 5.41) is 3.28. The van der Waals surface area contributed by atoms with Crippen molar-refractivity contribution in [3.05, 3.63) is 63.3 Å². The van der Waals surface area contributed by atoms with E-state index in [0.29, 0.717) is 6.54 Å². The monoisotopic (exact) mass is 271 g/mol. The minimum atomic E-state index is -0.0116. The second kappa shape index (κ2) is 6.01. The smallest absolute Gasteiger partial charge is 0.253 e. The van der Waals surface area contributed by atoms with E-state index in [2.05, 4.69) is 42.3 Å². The lowest BCUT2D eigenvalue weighted by atomic mass is 9.99. The molecule has 1 aromatic carbocycles. The van der Waals surface area contributed by atoms with Gasteiger partial charge in [-0.15, -0.1) is 0 Å². The highest BCUT2D eigenvalue weighted by Crippen LogP contribution is 2.19. The van der Waals surface area contributed by atoms with Crippen molar-refractivity contribution in [3.63, 3.8) is 0 Å². The maximum Gasteiger partial charge on any atom is 0.253 e. The summed E-state index contributed by atoms with van der Waals surface area (Å²) in [4.78, 5) is 16.1. The largest absolute Gasteiger partial charge is 0.312 e. The Kier molecular flexibility index (Phi) is 4.35. The van der Waals surface area contributed by atoms with Crippen LogP contribution in [0.5, 0.6) is 0 Å². The van der Waals surface area contributed by atoms with E-state index < -0.39 is 0 Å². The molecular formula is C16H21N3O. The molecule has 0 spiro atoms. The molecule has 106 valence electrons. The van der Waals surface area contributed by atoms with E-state index in [0.717, 1.165) is 5.69 Å². The van der Waals surface area contributed by atoms with Crippen LogP contribution in [0.25, 0.3) is 0 Å². The van der Waals surface area contributed by atoms with E-state index in [1.165, 1.54) is 16.7 Å². The maximum absolute atomic E-state index is 12.0. The zero-order valence-corrected chi connectivity index (χ0v) is 12.5. The molecule has 4 nitrogen and oxygen atoms in total. The van der Waals surface area contributed by atoms with Crippen molar-refractivity contribution in [3.8, 4) is 0 Å². The van der Waals surface area contributed by atoms with Crippen LogP contribution >= 0.6 is 0 Å². The summed E-state index contributed by atoms with van der Waals surface area (Å²) < 4.78 is 1.65. The molecule has 0 aliphatic carbocycles. The Hall–Kier alpha value is -1.94. The van der Waals surface area contributed by atoms with E-state index >= 15 is 0 Å². The Labute approximate surface area is 119 Å². The minimum absolute atomic E-state index is 0.0116. The van der Waals surface area contributed by atoms with Gasteiger partial charge in [-0.05, 0) is 38.9 Å². The number of benzene rings is 1. The molecule has 0 fully saturated rings. The molecule has 0 radical (unpaired) electrons. The standard InChI is InChI=1S/C16H21N3O/c1-11-5-6-14(12(2)7-11)15(17-4)9-19-10-18-13(3)8-16(19)20/h5-8,10,15,17H,9H2,1-4H3. The third kappa shape index (κ3) is 3.14. The highest BCUT2D eigenvalue weighted by atomic mass is 16.1. The van der Waals surface area contributed by atoms with Crippen molar-refractivity contribution in [2.45, 2.75) is 33.4 Å². The number of hydrogen-bond acceptors (Lipinski definition) is 3. The van der Waals surface area contributed by atoms with E-state index in [4.69, 9.17) is 0 Å². The number of likely N-dealkylation sites (N-methyl/N-ethyl adjacent to an activating group) is 1. The Bertz CT molecular complexity index is 661. The molecule has 1 heterocycles. The Morgan fingerprint density at radius 3 is 2.60 bits per heavy atom. The van der Waals surface area contributed by atoms with Crippen LogP contribution in [0.3, 0.4) is 0 Å². The van der Waals surface area contributed by atoms with Crippen LogP contribution < -0.4 is 10.9 Å². The highest BCUT2D eigenvalue weighted by molar-refractivity contribution is 5.32. The quantitative estimate of drug-likeness (QED) is 0.926. The van der Waals surface area contributed by atoms with Crippen LogP contribution in [0, 0.1) is 20.8 Å². The molecule has 1 aromatic heterocycles. The van der Waals surface area contributed by atoms with Gasteiger partial charge in [-0.3, -0.25) is 9.36 Å². The molecule has 4 heteroatoms. The van der Waals surface area contributed by atoms with Gasteiger partial charge < -0.3 is 5.32 Å². The van der Waals surface area contributed by atoms with Crippen LogP contribution in [0.1, 0.15) is 28.4 Å². The average molecular weight is 271 g/mol. The van der Waals surface area contributed by atoms with Gasteiger partial charge in [0.05, 0.1) is 12.4 Å². The molecule has 0 bridgehead atoms. The van der Waals surface area contributed by atoms with E-state index in [9.17, 15) is 4.79 Å². The molecule has 1 atom stereocenters. The average Bonchev–Trinajstić information content (AvgIpc) is 2.39.